The number of nitrogens with zero attached hydrogens (tertiary/aromatic N) is 1. The fourth-order valence-corrected chi connectivity index (χ4v) is 2.09. The maximum Gasteiger partial charge on any atom is 0.305 e. The van der Waals surface area contributed by atoms with Crippen molar-refractivity contribution < 1.29 is 19.5 Å². The zero-order valence-electron chi connectivity index (χ0n) is 11.6. The molecule has 1 aromatic rings. The Hall–Kier alpha value is -1.89. The molecular formula is C14H17BrN2O4. The van der Waals surface area contributed by atoms with E-state index in [2.05, 4.69) is 21.2 Å². The van der Waals surface area contributed by atoms with E-state index in [9.17, 15) is 14.4 Å². The topological polar surface area (TPSA) is 86.7 Å². The Morgan fingerprint density at radius 2 is 2.05 bits per heavy atom. The molecular weight excluding hydrogens is 340 g/mol. The summed E-state index contributed by atoms with van der Waals surface area (Å²) in [5.41, 5.74) is 0.450. The molecule has 0 aliphatic rings. The van der Waals surface area contributed by atoms with Crippen LogP contribution in [-0.2, 0) is 9.59 Å². The molecule has 2 amide bonds. The molecule has 114 valence electrons. The SMILES string of the molecule is CCN(CCC(=O)O)C(=O)CNC(=O)c1cccc(Br)c1. The van der Waals surface area contributed by atoms with Crippen molar-refractivity contribution in [2.75, 3.05) is 19.6 Å². The molecule has 2 N–H and O–H groups in total. The first-order valence-corrected chi connectivity index (χ1v) is 7.26. The second kappa shape index (κ2) is 8.41. The van der Waals surface area contributed by atoms with Gasteiger partial charge in [-0.15, -0.1) is 0 Å². The highest BCUT2D eigenvalue weighted by atomic mass is 79.9. The highest BCUT2D eigenvalue weighted by Crippen LogP contribution is 2.11. The van der Waals surface area contributed by atoms with Gasteiger partial charge < -0.3 is 15.3 Å². The molecule has 1 aromatic carbocycles. The van der Waals surface area contributed by atoms with Crippen molar-refractivity contribution in [2.24, 2.45) is 0 Å². The van der Waals surface area contributed by atoms with Gasteiger partial charge in [0.2, 0.25) is 5.91 Å². The first-order chi connectivity index (χ1) is 9.93. The third kappa shape index (κ3) is 5.95. The van der Waals surface area contributed by atoms with Crippen LogP contribution in [0.15, 0.2) is 28.7 Å². The van der Waals surface area contributed by atoms with Gasteiger partial charge in [-0.25, -0.2) is 0 Å². The molecule has 0 aliphatic carbocycles. The minimum Gasteiger partial charge on any atom is -0.481 e. The molecule has 0 spiro atoms. The monoisotopic (exact) mass is 356 g/mol. The molecule has 0 unspecified atom stereocenters. The average molecular weight is 357 g/mol. The van der Waals surface area contributed by atoms with E-state index in [1.807, 2.05) is 0 Å². The number of hydrogen-bond acceptors (Lipinski definition) is 3. The molecule has 1 rings (SSSR count). The summed E-state index contributed by atoms with van der Waals surface area (Å²) in [7, 11) is 0. The number of carboxylic acids is 1. The largest absolute Gasteiger partial charge is 0.481 e. The van der Waals surface area contributed by atoms with Gasteiger partial charge in [-0.1, -0.05) is 22.0 Å². The van der Waals surface area contributed by atoms with Crippen molar-refractivity contribution in [2.45, 2.75) is 13.3 Å². The number of aliphatic carboxylic acids is 1. The minimum absolute atomic E-state index is 0.112. The number of rotatable bonds is 7. The van der Waals surface area contributed by atoms with Crippen molar-refractivity contribution in [1.82, 2.24) is 10.2 Å². The Bertz CT molecular complexity index is 533. The molecule has 7 heteroatoms. The van der Waals surface area contributed by atoms with Gasteiger partial charge in [-0.3, -0.25) is 14.4 Å². The Labute approximate surface area is 131 Å². The Morgan fingerprint density at radius 3 is 2.62 bits per heavy atom. The van der Waals surface area contributed by atoms with Crippen LogP contribution in [-0.4, -0.2) is 47.4 Å². The summed E-state index contributed by atoms with van der Waals surface area (Å²) < 4.78 is 0.776. The third-order valence-corrected chi connectivity index (χ3v) is 3.31. The van der Waals surface area contributed by atoms with E-state index < -0.39 is 5.97 Å². The fourth-order valence-electron chi connectivity index (χ4n) is 1.69. The molecule has 0 aliphatic heterocycles. The fraction of sp³-hybridized carbons (Fsp3) is 0.357. The Balaban J connectivity index is 2.51. The number of hydrogen-bond donors (Lipinski definition) is 2. The van der Waals surface area contributed by atoms with E-state index >= 15 is 0 Å². The van der Waals surface area contributed by atoms with Crippen LogP contribution in [0.1, 0.15) is 23.7 Å². The Kier molecular flexibility index (Phi) is 6.87. The number of amides is 2. The summed E-state index contributed by atoms with van der Waals surface area (Å²) in [6.07, 6.45) is -0.112. The summed E-state index contributed by atoms with van der Waals surface area (Å²) in [5, 5.41) is 11.2. The maximum absolute atomic E-state index is 11.9. The standard InChI is InChI=1S/C14H17BrN2O4/c1-2-17(7-6-13(19)20)12(18)9-16-14(21)10-4-3-5-11(15)8-10/h3-5,8H,2,6-7,9H2,1H3,(H,16,21)(H,19,20). The summed E-state index contributed by atoms with van der Waals surface area (Å²) in [4.78, 5) is 35.7. The Morgan fingerprint density at radius 1 is 1.33 bits per heavy atom. The van der Waals surface area contributed by atoms with Gasteiger partial charge in [0, 0.05) is 23.1 Å². The van der Waals surface area contributed by atoms with Crippen molar-refractivity contribution in [3.05, 3.63) is 34.3 Å². The quantitative estimate of drug-likeness (QED) is 0.774. The zero-order valence-corrected chi connectivity index (χ0v) is 13.2. The number of carboxylic acid groups (broad SMARTS) is 1. The predicted molar refractivity (Wildman–Crippen MR) is 81.0 cm³/mol. The second-order valence-electron chi connectivity index (χ2n) is 4.31. The number of benzene rings is 1. The average Bonchev–Trinajstić information content (AvgIpc) is 2.45. The lowest BCUT2D eigenvalue weighted by Gasteiger charge is -2.20. The van der Waals surface area contributed by atoms with Gasteiger partial charge in [-0.2, -0.15) is 0 Å². The summed E-state index contributed by atoms with van der Waals surface area (Å²) in [6.45, 7) is 2.14. The molecule has 0 radical (unpaired) electrons. The van der Waals surface area contributed by atoms with Crippen molar-refractivity contribution in [3.63, 3.8) is 0 Å². The molecule has 21 heavy (non-hydrogen) atoms. The van der Waals surface area contributed by atoms with Crippen LogP contribution < -0.4 is 5.32 Å². The minimum atomic E-state index is -0.959. The highest BCUT2D eigenvalue weighted by Gasteiger charge is 2.14. The predicted octanol–water partition coefficient (Wildman–Crippen LogP) is 1.50. The normalized spacial score (nSPS) is 10.0. The van der Waals surface area contributed by atoms with Gasteiger partial charge in [0.05, 0.1) is 13.0 Å². The van der Waals surface area contributed by atoms with Gasteiger partial charge >= 0.3 is 5.97 Å². The lowest BCUT2D eigenvalue weighted by molar-refractivity contribution is -0.138. The number of carbonyl (C=O) groups excluding carboxylic acids is 2. The molecule has 0 heterocycles. The summed E-state index contributed by atoms with van der Waals surface area (Å²) >= 11 is 3.27. The first-order valence-electron chi connectivity index (χ1n) is 6.47. The van der Waals surface area contributed by atoms with E-state index in [1.54, 1.807) is 31.2 Å². The molecule has 0 aromatic heterocycles. The number of likely N-dealkylation sites (N-methyl/N-ethyl adjacent to an activating group) is 1. The number of halogens is 1. The highest BCUT2D eigenvalue weighted by molar-refractivity contribution is 9.10. The van der Waals surface area contributed by atoms with Gasteiger partial charge in [-0.05, 0) is 25.1 Å². The van der Waals surface area contributed by atoms with Crippen LogP contribution in [0, 0.1) is 0 Å². The van der Waals surface area contributed by atoms with Crippen LogP contribution in [0.25, 0.3) is 0 Å². The third-order valence-electron chi connectivity index (χ3n) is 2.82. The molecule has 0 atom stereocenters. The van der Waals surface area contributed by atoms with Crippen molar-refractivity contribution >= 4 is 33.7 Å². The van der Waals surface area contributed by atoms with E-state index in [0.717, 1.165) is 4.47 Å². The molecule has 0 saturated heterocycles. The lowest BCUT2D eigenvalue weighted by atomic mass is 10.2. The van der Waals surface area contributed by atoms with E-state index in [1.165, 1.54) is 4.90 Å². The molecule has 0 saturated carbocycles. The second-order valence-corrected chi connectivity index (χ2v) is 5.23. The zero-order chi connectivity index (χ0) is 15.8. The van der Waals surface area contributed by atoms with Gasteiger partial charge in [0.25, 0.3) is 5.91 Å². The van der Waals surface area contributed by atoms with Crippen LogP contribution >= 0.6 is 15.9 Å². The maximum atomic E-state index is 11.9. The van der Waals surface area contributed by atoms with E-state index in [0.29, 0.717) is 12.1 Å². The molecule has 6 nitrogen and oxygen atoms in total. The summed E-state index contributed by atoms with van der Waals surface area (Å²) in [6, 6.07) is 6.83. The van der Waals surface area contributed by atoms with Crippen molar-refractivity contribution in [3.8, 4) is 0 Å². The number of nitrogens with one attached hydrogen (secondary N) is 1. The van der Waals surface area contributed by atoms with E-state index in [-0.39, 0.29) is 31.3 Å². The lowest BCUT2D eigenvalue weighted by Crippen LogP contribution is -2.41. The van der Waals surface area contributed by atoms with Gasteiger partial charge in [0.15, 0.2) is 0 Å². The van der Waals surface area contributed by atoms with Crippen molar-refractivity contribution in [1.29, 1.82) is 0 Å². The first kappa shape index (κ1) is 17.2. The smallest absolute Gasteiger partial charge is 0.305 e. The summed E-state index contributed by atoms with van der Waals surface area (Å²) in [5.74, 6) is -1.61. The van der Waals surface area contributed by atoms with Crippen LogP contribution in [0.4, 0.5) is 0 Å². The molecule has 0 fully saturated rings. The van der Waals surface area contributed by atoms with Gasteiger partial charge in [0.1, 0.15) is 0 Å². The van der Waals surface area contributed by atoms with Crippen LogP contribution in [0.5, 0.6) is 0 Å². The van der Waals surface area contributed by atoms with Crippen LogP contribution in [0.3, 0.4) is 0 Å². The van der Waals surface area contributed by atoms with Crippen LogP contribution in [0.2, 0.25) is 0 Å². The molecule has 0 bridgehead atoms. The number of carbonyl (C=O) groups is 3. The van der Waals surface area contributed by atoms with E-state index in [4.69, 9.17) is 5.11 Å².